The van der Waals surface area contributed by atoms with Crippen molar-refractivity contribution in [2.45, 2.75) is 9.79 Å². The molecular weight excluding hydrogens is 565 g/mol. The zero-order valence-electron chi connectivity index (χ0n) is 24.8. The van der Waals surface area contributed by atoms with Crippen LogP contribution in [0.5, 0.6) is 0 Å². The second-order valence-corrected chi connectivity index (χ2v) is 11.9. The zero-order valence-corrected chi connectivity index (χ0v) is 25.6. The monoisotopic (exact) mass is 596 g/mol. The minimum Gasteiger partial charge on any atom is -0.354 e. The maximum absolute atomic E-state index is 3.92. The molecule has 3 heteroatoms. The van der Waals surface area contributed by atoms with Gasteiger partial charge in [-0.25, -0.2) is 0 Å². The van der Waals surface area contributed by atoms with Crippen LogP contribution in [-0.2, 0) is 0 Å². The number of nitrogens with zero attached hydrogens (tertiary/aromatic N) is 1. The summed E-state index contributed by atoms with van der Waals surface area (Å²) in [6.45, 7) is 0. The lowest BCUT2D eigenvalue weighted by atomic mass is 9.95. The molecule has 0 saturated carbocycles. The molecule has 7 rings (SSSR count). The van der Waals surface area contributed by atoms with Crippen LogP contribution >= 0.6 is 11.8 Å². The smallest absolute Gasteiger partial charge is 0.0543 e. The minimum atomic E-state index is 1.02. The van der Waals surface area contributed by atoms with E-state index in [0.717, 1.165) is 44.5 Å². The van der Waals surface area contributed by atoms with Crippen molar-refractivity contribution in [1.29, 1.82) is 0 Å². The lowest BCUT2D eigenvalue weighted by molar-refractivity contribution is 1.26. The van der Waals surface area contributed by atoms with Crippen LogP contribution in [0.1, 0.15) is 0 Å². The highest BCUT2D eigenvalue weighted by Gasteiger charge is 2.17. The van der Waals surface area contributed by atoms with Gasteiger partial charge < -0.3 is 10.2 Å². The summed E-state index contributed by atoms with van der Waals surface area (Å²) in [6.07, 6.45) is 0. The predicted octanol–water partition coefficient (Wildman–Crippen LogP) is 12.4. The van der Waals surface area contributed by atoms with E-state index in [1.54, 1.807) is 11.8 Å². The van der Waals surface area contributed by atoms with Gasteiger partial charge in [-0.3, -0.25) is 0 Å². The topological polar surface area (TPSA) is 15.3 Å². The van der Waals surface area contributed by atoms with Crippen molar-refractivity contribution in [1.82, 2.24) is 0 Å². The molecule has 2 nitrogen and oxygen atoms in total. The first-order chi connectivity index (χ1) is 22.3. The first-order valence-electron chi connectivity index (χ1n) is 15.1. The molecule has 7 aromatic carbocycles. The number of hydrogen-bond acceptors (Lipinski definition) is 3. The van der Waals surface area contributed by atoms with Crippen molar-refractivity contribution >= 4 is 40.2 Å². The van der Waals surface area contributed by atoms with E-state index in [1.165, 1.54) is 16.0 Å². The quantitative estimate of drug-likeness (QED) is 0.178. The Morgan fingerprint density at radius 1 is 0.378 bits per heavy atom. The summed E-state index contributed by atoms with van der Waals surface area (Å²) in [5, 5.41) is 3.92. The Morgan fingerprint density at radius 3 is 1.36 bits per heavy atom. The SMILES string of the molecule is c1ccc(Sc2cc(Nc3c(-c4ccccc4)cccc3-c3ccccc3)cc(N(c3ccccc3)c3ccccc3)c2)cc1. The van der Waals surface area contributed by atoms with Crippen molar-refractivity contribution in [3.05, 3.63) is 188 Å². The molecule has 0 spiro atoms. The van der Waals surface area contributed by atoms with Gasteiger partial charge in [-0.15, -0.1) is 0 Å². The largest absolute Gasteiger partial charge is 0.354 e. The molecule has 7 aromatic rings. The highest BCUT2D eigenvalue weighted by molar-refractivity contribution is 7.99. The summed E-state index contributed by atoms with van der Waals surface area (Å²) >= 11 is 1.77. The fourth-order valence-corrected chi connectivity index (χ4v) is 6.55. The Morgan fingerprint density at radius 2 is 0.844 bits per heavy atom. The van der Waals surface area contributed by atoms with Gasteiger partial charge in [-0.1, -0.05) is 145 Å². The van der Waals surface area contributed by atoms with Crippen LogP contribution in [-0.4, -0.2) is 0 Å². The van der Waals surface area contributed by atoms with Gasteiger partial charge in [0.2, 0.25) is 0 Å². The van der Waals surface area contributed by atoms with Gasteiger partial charge in [0, 0.05) is 43.7 Å². The Hall–Kier alpha value is -5.51. The number of benzene rings is 7. The first kappa shape index (κ1) is 28.3. The average Bonchev–Trinajstić information content (AvgIpc) is 3.11. The van der Waals surface area contributed by atoms with Crippen LogP contribution in [0.2, 0.25) is 0 Å². The fraction of sp³-hybridized carbons (Fsp3) is 0. The van der Waals surface area contributed by atoms with E-state index in [9.17, 15) is 0 Å². The third kappa shape index (κ3) is 6.54. The normalized spacial score (nSPS) is 10.8. The maximum atomic E-state index is 3.92. The molecule has 0 atom stereocenters. The Kier molecular flexibility index (Phi) is 8.43. The summed E-state index contributed by atoms with van der Waals surface area (Å²) in [6, 6.07) is 66.3. The average molecular weight is 597 g/mol. The highest BCUT2D eigenvalue weighted by atomic mass is 32.2. The van der Waals surface area contributed by atoms with E-state index in [1.807, 2.05) is 0 Å². The summed E-state index contributed by atoms with van der Waals surface area (Å²) in [5.74, 6) is 0. The van der Waals surface area contributed by atoms with Gasteiger partial charge >= 0.3 is 0 Å². The first-order valence-corrected chi connectivity index (χ1v) is 15.9. The standard InChI is InChI=1S/C42H32N2S/c1-6-17-32(18-7-1)40-27-16-28-41(33-19-8-2-9-20-33)42(40)43-34-29-37(31-39(30-34)45-38-25-14-5-15-26-38)44(35-21-10-3-11-22-35)36-23-12-4-13-24-36/h1-31,43H. The van der Waals surface area contributed by atoms with Crippen molar-refractivity contribution in [3.8, 4) is 22.3 Å². The van der Waals surface area contributed by atoms with Crippen molar-refractivity contribution in [2.75, 3.05) is 10.2 Å². The molecule has 0 fully saturated rings. The number of nitrogens with one attached hydrogen (secondary N) is 1. The molecule has 1 N–H and O–H groups in total. The molecule has 0 radical (unpaired) electrons. The Balaban J connectivity index is 1.41. The lowest BCUT2D eigenvalue weighted by Gasteiger charge is -2.27. The van der Waals surface area contributed by atoms with Crippen LogP contribution in [0, 0.1) is 0 Å². The van der Waals surface area contributed by atoms with E-state index in [-0.39, 0.29) is 0 Å². The molecule has 0 unspecified atom stereocenters. The number of hydrogen-bond donors (Lipinski definition) is 1. The highest BCUT2D eigenvalue weighted by Crippen LogP contribution is 2.43. The fourth-order valence-electron chi connectivity index (χ4n) is 5.62. The third-order valence-electron chi connectivity index (χ3n) is 7.66. The van der Waals surface area contributed by atoms with Crippen LogP contribution < -0.4 is 10.2 Å². The predicted molar refractivity (Wildman–Crippen MR) is 192 cm³/mol. The van der Waals surface area contributed by atoms with E-state index in [2.05, 4.69) is 198 Å². The van der Waals surface area contributed by atoms with Crippen LogP contribution in [0.25, 0.3) is 22.3 Å². The number of para-hydroxylation sites is 3. The molecule has 45 heavy (non-hydrogen) atoms. The molecule has 0 bridgehead atoms. The summed E-state index contributed by atoms with van der Waals surface area (Å²) in [4.78, 5) is 4.67. The van der Waals surface area contributed by atoms with Gasteiger partial charge in [0.15, 0.2) is 0 Å². The van der Waals surface area contributed by atoms with E-state index >= 15 is 0 Å². The lowest BCUT2D eigenvalue weighted by Crippen LogP contribution is -2.10. The molecule has 0 aliphatic carbocycles. The summed E-state index contributed by atoms with van der Waals surface area (Å²) < 4.78 is 0. The number of anilines is 5. The molecule has 0 heterocycles. The van der Waals surface area contributed by atoms with Crippen molar-refractivity contribution < 1.29 is 0 Å². The van der Waals surface area contributed by atoms with E-state index in [0.29, 0.717) is 0 Å². The maximum Gasteiger partial charge on any atom is 0.0543 e. The Bertz CT molecular complexity index is 1880. The third-order valence-corrected chi connectivity index (χ3v) is 8.64. The van der Waals surface area contributed by atoms with Crippen molar-refractivity contribution in [3.63, 3.8) is 0 Å². The number of rotatable bonds is 9. The van der Waals surface area contributed by atoms with E-state index < -0.39 is 0 Å². The minimum absolute atomic E-state index is 1.02. The van der Waals surface area contributed by atoms with Crippen LogP contribution in [0.15, 0.2) is 198 Å². The van der Waals surface area contributed by atoms with Gasteiger partial charge in [-0.2, -0.15) is 0 Å². The second-order valence-electron chi connectivity index (χ2n) is 10.7. The molecule has 0 amide bonds. The van der Waals surface area contributed by atoms with Gasteiger partial charge in [0.05, 0.1) is 5.69 Å². The molecular formula is C42H32N2S. The molecule has 0 saturated heterocycles. The zero-order chi connectivity index (χ0) is 30.3. The molecule has 216 valence electrons. The summed E-state index contributed by atoms with van der Waals surface area (Å²) in [5.41, 5.74) is 10.0. The second kappa shape index (κ2) is 13.4. The van der Waals surface area contributed by atoms with Gasteiger partial charge in [-0.05, 0) is 65.7 Å². The molecule has 0 aromatic heterocycles. The molecule has 0 aliphatic rings. The van der Waals surface area contributed by atoms with Crippen LogP contribution in [0.3, 0.4) is 0 Å². The summed E-state index contributed by atoms with van der Waals surface area (Å²) in [7, 11) is 0. The van der Waals surface area contributed by atoms with Crippen molar-refractivity contribution in [2.24, 2.45) is 0 Å². The van der Waals surface area contributed by atoms with E-state index in [4.69, 9.17) is 0 Å². The van der Waals surface area contributed by atoms with Crippen LogP contribution in [0.4, 0.5) is 28.4 Å². The van der Waals surface area contributed by atoms with Gasteiger partial charge in [0.1, 0.15) is 0 Å². The van der Waals surface area contributed by atoms with Gasteiger partial charge in [0.25, 0.3) is 0 Å². The molecule has 0 aliphatic heterocycles. The Labute approximate surface area is 269 Å².